The van der Waals surface area contributed by atoms with Crippen LogP contribution in [0.4, 0.5) is 5.69 Å². The maximum Gasteiger partial charge on any atom is 0.274 e. The van der Waals surface area contributed by atoms with Crippen LogP contribution in [0.2, 0.25) is 0 Å². The normalized spacial score (nSPS) is 21.2. The smallest absolute Gasteiger partial charge is 0.274 e. The van der Waals surface area contributed by atoms with Crippen LogP contribution in [-0.4, -0.2) is 92.4 Å². The van der Waals surface area contributed by atoms with E-state index >= 15 is 0 Å². The summed E-state index contributed by atoms with van der Waals surface area (Å²) in [5.41, 5.74) is 2.43. The summed E-state index contributed by atoms with van der Waals surface area (Å²) in [6.45, 7) is 9.21. The molecule has 3 aliphatic rings. The first kappa shape index (κ1) is 18.2. The number of benzene rings is 1. The minimum Gasteiger partial charge on any atom is -0.379 e. The van der Waals surface area contributed by atoms with Gasteiger partial charge in [-0.05, 0) is 6.07 Å². The van der Waals surface area contributed by atoms with Crippen LogP contribution in [0.25, 0.3) is 0 Å². The molecule has 1 aromatic rings. The molecule has 1 aromatic carbocycles. The molecular formula is C20H27N5O2. The molecule has 0 spiro atoms. The molecule has 4 rings (SSSR count). The number of hydrogen-bond acceptors (Lipinski definition) is 6. The van der Waals surface area contributed by atoms with Gasteiger partial charge in [-0.15, -0.1) is 0 Å². The van der Waals surface area contributed by atoms with Gasteiger partial charge in [-0.25, -0.2) is 4.99 Å². The van der Waals surface area contributed by atoms with Crippen molar-refractivity contribution in [2.45, 2.75) is 0 Å². The Balaban J connectivity index is 1.27. The van der Waals surface area contributed by atoms with Gasteiger partial charge in [-0.1, -0.05) is 18.2 Å². The van der Waals surface area contributed by atoms with Crippen LogP contribution < -0.4 is 5.32 Å². The first-order valence-corrected chi connectivity index (χ1v) is 9.71. The van der Waals surface area contributed by atoms with Crippen LogP contribution in [0.5, 0.6) is 0 Å². The number of nitrogens with zero attached hydrogens (tertiary/aromatic N) is 4. The Morgan fingerprint density at radius 3 is 2.48 bits per heavy atom. The predicted molar refractivity (Wildman–Crippen MR) is 106 cm³/mol. The van der Waals surface area contributed by atoms with Gasteiger partial charge in [0.1, 0.15) is 5.70 Å². The zero-order valence-electron chi connectivity index (χ0n) is 15.6. The minimum atomic E-state index is -0.000569. The summed E-state index contributed by atoms with van der Waals surface area (Å²) in [6.07, 6.45) is 3.48. The molecule has 3 aliphatic heterocycles. The van der Waals surface area contributed by atoms with Gasteiger partial charge in [0, 0.05) is 76.0 Å². The van der Waals surface area contributed by atoms with E-state index in [1.807, 2.05) is 29.2 Å². The zero-order chi connectivity index (χ0) is 18.5. The molecule has 144 valence electrons. The highest BCUT2D eigenvalue weighted by Crippen LogP contribution is 2.18. The molecular weight excluding hydrogens is 342 g/mol. The summed E-state index contributed by atoms with van der Waals surface area (Å²) in [5.74, 6) is -0.000569. The van der Waals surface area contributed by atoms with Crippen molar-refractivity contribution in [1.82, 2.24) is 14.7 Å². The number of carbonyl (C=O) groups is 1. The van der Waals surface area contributed by atoms with Gasteiger partial charge >= 0.3 is 0 Å². The van der Waals surface area contributed by atoms with Crippen LogP contribution in [0, 0.1) is 0 Å². The van der Waals surface area contributed by atoms with Crippen molar-refractivity contribution in [3.05, 3.63) is 41.7 Å². The van der Waals surface area contributed by atoms with E-state index in [4.69, 9.17) is 4.74 Å². The molecule has 0 aromatic heterocycles. The molecule has 0 bridgehead atoms. The lowest BCUT2D eigenvalue weighted by Gasteiger charge is -2.36. The number of anilines is 1. The Morgan fingerprint density at radius 1 is 1.00 bits per heavy atom. The second-order valence-corrected chi connectivity index (χ2v) is 7.11. The topological polar surface area (TPSA) is 60.4 Å². The summed E-state index contributed by atoms with van der Waals surface area (Å²) in [4.78, 5) is 24.0. The van der Waals surface area contributed by atoms with E-state index in [-0.39, 0.29) is 5.91 Å². The average Bonchev–Trinajstić information content (AvgIpc) is 2.96. The molecule has 0 unspecified atom stereocenters. The van der Waals surface area contributed by atoms with Crippen LogP contribution in [0.1, 0.15) is 5.56 Å². The lowest BCUT2D eigenvalue weighted by molar-refractivity contribution is -0.128. The SMILES string of the molecule is O=C(C1=CNc2ccccc2C=N1)N1CCN(CCN2CCOCC2)CC1. The van der Waals surface area contributed by atoms with Gasteiger partial charge in [-0.2, -0.15) is 0 Å². The third-order valence-corrected chi connectivity index (χ3v) is 5.38. The Kier molecular flexibility index (Phi) is 5.81. The summed E-state index contributed by atoms with van der Waals surface area (Å²) in [7, 11) is 0. The number of fused-ring (bicyclic) bond motifs is 1. The predicted octanol–water partition coefficient (Wildman–Crippen LogP) is 0.849. The van der Waals surface area contributed by atoms with Gasteiger partial charge in [0.2, 0.25) is 0 Å². The number of carbonyl (C=O) groups excluding carboxylic acids is 1. The summed E-state index contributed by atoms with van der Waals surface area (Å²) < 4.78 is 5.40. The van der Waals surface area contributed by atoms with E-state index in [1.54, 1.807) is 12.4 Å². The molecule has 3 heterocycles. The van der Waals surface area contributed by atoms with Crippen LogP contribution in [0.15, 0.2) is 41.2 Å². The van der Waals surface area contributed by atoms with Crippen molar-refractivity contribution in [2.75, 3.05) is 70.9 Å². The van der Waals surface area contributed by atoms with Crippen LogP contribution in [-0.2, 0) is 9.53 Å². The van der Waals surface area contributed by atoms with Crippen LogP contribution >= 0.6 is 0 Å². The second kappa shape index (κ2) is 8.65. The fraction of sp³-hybridized carbons (Fsp3) is 0.500. The number of nitrogens with one attached hydrogen (secondary N) is 1. The summed E-state index contributed by atoms with van der Waals surface area (Å²) in [5, 5.41) is 3.20. The molecule has 1 amide bonds. The van der Waals surface area contributed by atoms with Gasteiger partial charge in [0.15, 0.2) is 0 Å². The lowest BCUT2D eigenvalue weighted by atomic mass is 10.2. The largest absolute Gasteiger partial charge is 0.379 e. The minimum absolute atomic E-state index is 0.000569. The third-order valence-electron chi connectivity index (χ3n) is 5.38. The highest BCUT2D eigenvalue weighted by Gasteiger charge is 2.24. The molecule has 2 fully saturated rings. The standard InChI is InChI=1S/C20H27N5O2/c26-20(19-16-22-18-4-2-1-3-17(18)15-21-19)25-9-7-23(8-10-25)5-6-24-11-13-27-14-12-24/h1-4,15-16,22H,5-14H2. The number of morpholine rings is 1. The van der Waals surface area contributed by atoms with E-state index in [0.29, 0.717) is 5.70 Å². The van der Waals surface area contributed by atoms with E-state index in [1.165, 1.54) is 0 Å². The molecule has 0 atom stereocenters. The summed E-state index contributed by atoms with van der Waals surface area (Å²) in [6, 6.07) is 7.91. The molecule has 2 saturated heterocycles. The zero-order valence-corrected chi connectivity index (χ0v) is 15.6. The Morgan fingerprint density at radius 2 is 1.70 bits per heavy atom. The molecule has 0 radical (unpaired) electrons. The molecule has 1 N–H and O–H groups in total. The monoisotopic (exact) mass is 369 g/mol. The first-order chi connectivity index (χ1) is 13.3. The number of para-hydroxylation sites is 1. The Hall–Kier alpha value is -2.22. The van der Waals surface area contributed by atoms with Gasteiger partial charge in [0.25, 0.3) is 5.91 Å². The Bertz CT molecular complexity index is 719. The van der Waals surface area contributed by atoms with Crippen molar-refractivity contribution in [1.29, 1.82) is 0 Å². The van der Waals surface area contributed by atoms with Crippen LogP contribution in [0.3, 0.4) is 0 Å². The van der Waals surface area contributed by atoms with Crippen molar-refractivity contribution in [2.24, 2.45) is 4.99 Å². The highest BCUT2D eigenvalue weighted by molar-refractivity contribution is 5.99. The summed E-state index contributed by atoms with van der Waals surface area (Å²) >= 11 is 0. The van der Waals surface area contributed by atoms with E-state index < -0.39 is 0 Å². The number of amides is 1. The quantitative estimate of drug-likeness (QED) is 0.853. The van der Waals surface area contributed by atoms with E-state index in [2.05, 4.69) is 20.1 Å². The maximum absolute atomic E-state index is 12.8. The molecule has 27 heavy (non-hydrogen) atoms. The fourth-order valence-corrected chi connectivity index (χ4v) is 3.62. The molecule has 7 nitrogen and oxygen atoms in total. The Labute approximate surface area is 160 Å². The number of ether oxygens (including phenoxy) is 1. The number of aliphatic imine (C=N–C) groups is 1. The third kappa shape index (κ3) is 4.55. The number of hydrogen-bond donors (Lipinski definition) is 1. The number of piperazine rings is 1. The van der Waals surface area contributed by atoms with Crippen molar-refractivity contribution in [3.8, 4) is 0 Å². The molecule has 0 aliphatic carbocycles. The van der Waals surface area contributed by atoms with Crippen molar-refractivity contribution >= 4 is 17.8 Å². The highest BCUT2D eigenvalue weighted by atomic mass is 16.5. The van der Waals surface area contributed by atoms with Gasteiger partial charge in [-0.3, -0.25) is 14.6 Å². The average molecular weight is 369 g/mol. The number of rotatable bonds is 4. The molecule has 7 heteroatoms. The maximum atomic E-state index is 12.8. The van der Waals surface area contributed by atoms with E-state index in [0.717, 1.165) is 76.8 Å². The fourth-order valence-electron chi connectivity index (χ4n) is 3.62. The second-order valence-electron chi connectivity index (χ2n) is 7.11. The molecule has 0 saturated carbocycles. The first-order valence-electron chi connectivity index (χ1n) is 9.71. The lowest BCUT2D eigenvalue weighted by Crippen LogP contribution is -2.51. The van der Waals surface area contributed by atoms with E-state index in [9.17, 15) is 4.79 Å². The van der Waals surface area contributed by atoms with Crippen molar-refractivity contribution < 1.29 is 9.53 Å². The van der Waals surface area contributed by atoms with Crippen molar-refractivity contribution in [3.63, 3.8) is 0 Å². The van der Waals surface area contributed by atoms with Gasteiger partial charge < -0.3 is 15.0 Å². The van der Waals surface area contributed by atoms with Gasteiger partial charge in [0.05, 0.1) is 13.2 Å².